The van der Waals surface area contributed by atoms with Crippen LogP contribution >= 0.6 is 15.9 Å². The van der Waals surface area contributed by atoms with Crippen molar-refractivity contribution in [2.45, 2.75) is 18.4 Å². The predicted octanol–water partition coefficient (Wildman–Crippen LogP) is 2.83. The van der Waals surface area contributed by atoms with E-state index in [2.05, 4.69) is 15.9 Å². The molecule has 0 bridgehead atoms. The van der Waals surface area contributed by atoms with Crippen LogP contribution in [0.15, 0.2) is 33.8 Å². The molecule has 0 spiro atoms. The van der Waals surface area contributed by atoms with Gasteiger partial charge in [-0.2, -0.15) is 0 Å². The highest BCUT2D eigenvalue weighted by Gasteiger charge is 2.15. The summed E-state index contributed by atoms with van der Waals surface area (Å²) in [6.07, 6.45) is 1.24. The summed E-state index contributed by atoms with van der Waals surface area (Å²) < 4.78 is 26.2. The summed E-state index contributed by atoms with van der Waals surface area (Å²) in [5, 5.41) is 0.777. The van der Waals surface area contributed by atoms with Crippen molar-refractivity contribution in [3.63, 3.8) is 0 Å². The van der Waals surface area contributed by atoms with Gasteiger partial charge in [0.05, 0.1) is 15.0 Å². The fourth-order valence-corrected chi connectivity index (χ4v) is 3.43. The second-order valence-electron chi connectivity index (χ2n) is 3.67. The quantitative estimate of drug-likeness (QED) is 0.855. The fourth-order valence-electron chi connectivity index (χ4n) is 1.87. The number of hydrogen-bond donors (Lipinski definition) is 0. The summed E-state index contributed by atoms with van der Waals surface area (Å²) in [4.78, 5) is 0.387. The molecule has 0 aliphatic heterocycles. The van der Waals surface area contributed by atoms with E-state index in [1.54, 1.807) is 12.1 Å². The van der Waals surface area contributed by atoms with Crippen molar-refractivity contribution in [3.05, 3.63) is 28.9 Å². The van der Waals surface area contributed by atoms with Crippen LogP contribution in [-0.2, 0) is 16.4 Å². The van der Waals surface area contributed by atoms with Crippen molar-refractivity contribution in [1.29, 1.82) is 0 Å². The molecule has 2 aromatic rings. The molecule has 0 amide bonds. The van der Waals surface area contributed by atoms with E-state index in [-0.39, 0.29) is 0 Å². The van der Waals surface area contributed by atoms with E-state index in [0.29, 0.717) is 4.90 Å². The first-order chi connectivity index (χ1) is 7.45. The first kappa shape index (κ1) is 11.7. The van der Waals surface area contributed by atoms with Crippen LogP contribution in [-0.4, -0.2) is 19.2 Å². The first-order valence-electron chi connectivity index (χ1n) is 4.93. The zero-order valence-corrected chi connectivity index (χ0v) is 11.5. The van der Waals surface area contributed by atoms with E-state index in [1.165, 1.54) is 6.26 Å². The number of hydrogen-bond acceptors (Lipinski definition) is 2. The molecule has 0 saturated heterocycles. The summed E-state index contributed by atoms with van der Waals surface area (Å²) in [5.41, 5.74) is 0.942. The topological polar surface area (TPSA) is 39.1 Å². The Kier molecular flexibility index (Phi) is 2.84. The lowest BCUT2D eigenvalue weighted by atomic mass is 10.2. The maximum Gasteiger partial charge on any atom is 0.176 e. The third-order valence-corrected chi connectivity index (χ3v) is 4.38. The molecular formula is C11H12BrNO2S. The van der Waals surface area contributed by atoms with Gasteiger partial charge in [-0.05, 0) is 41.1 Å². The zero-order chi connectivity index (χ0) is 11.9. The van der Waals surface area contributed by atoms with Gasteiger partial charge in [0.15, 0.2) is 9.84 Å². The maximum absolute atomic E-state index is 11.6. The summed E-state index contributed by atoms with van der Waals surface area (Å²) in [6, 6.07) is 7.20. The first-order valence-corrected chi connectivity index (χ1v) is 7.61. The molecule has 1 aromatic heterocycles. The lowest BCUT2D eigenvalue weighted by molar-refractivity contribution is 0.602. The van der Waals surface area contributed by atoms with Crippen LogP contribution in [0.4, 0.5) is 0 Å². The Bertz CT molecular complexity index is 643. The molecule has 0 aliphatic carbocycles. The van der Waals surface area contributed by atoms with E-state index in [0.717, 1.165) is 22.1 Å². The minimum atomic E-state index is -3.18. The Balaban J connectivity index is 2.91. The van der Waals surface area contributed by atoms with Gasteiger partial charge in [0.2, 0.25) is 0 Å². The van der Waals surface area contributed by atoms with Crippen molar-refractivity contribution < 1.29 is 8.42 Å². The SMILES string of the molecule is CCn1c(Br)cc2c(S(C)(=O)=O)cccc21. The molecule has 0 fully saturated rings. The van der Waals surface area contributed by atoms with Crippen molar-refractivity contribution in [1.82, 2.24) is 4.57 Å². The molecule has 5 heteroatoms. The minimum Gasteiger partial charge on any atom is -0.336 e. The van der Waals surface area contributed by atoms with E-state index in [4.69, 9.17) is 0 Å². The van der Waals surface area contributed by atoms with Gasteiger partial charge in [0, 0.05) is 18.2 Å². The normalized spacial score (nSPS) is 12.2. The van der Waals surface area contributed by atoms with E-state index < -0.39 is 9.84 Å². The Morgan fingerprint density at radius 2 is 2.06 bits per heavy atom. The monoisotopic (exact) mass is 301 g/mol. The van der Waals surface area contributed by atoms with Gasteiger partial charge in [-0.25, -0.2) is 8.42 Å². The van der Waals surface area contributed by atoms with Gasteiger partial charge in [-0.1, -0.05) is 6.07 Å². The number of aromatic nitrogens is 1. The summed E-state index contributed by atoms with van der Waals surface area (Å²) >= 11 is 3.44. The summed E-state index contributed by atoms with van der Waals surface area (Å²) in [5.74, 6) is 0. The molecule has 0 N–H and O–H groups in total. The number of benzene rings is 1. The van der Waals surface area contributed by atoms with Gasteiger partial charge in [0.25, 0.3) is 0 Å². The predicted molar refractivity (Wildman–Crippen MR) is 68.4 cm³/mol. The Hall–Kier alpha value is -0.810. The largest absolute Gasteiger partial charge is 0.336 e. The zero-order valence-electron chi connectivity index (χ0n) is 9.07. The molecular weight excluding hydrogens is 290 g/mol. The second kappa shape index (κ2) is 3.89. The van der Waals surface area contributed by atoms with Crippen LogP contribution in [0.1, 0.15) is 6.92 Å². The Labute approximate surface area is 103 Å². The summed E-state index contributed by atoms with van der Waals surface area (Å²) in [6.45, 7) is 2.83. The number of nitrogens with zero attached hydrogens (tertiary/aromatic N) is 1. The van der Waals surface area contributed by atoms with Crippen molar-refractivity contribution in [2.24, 2.45) is 0 Å². The Morgan fingerprint density at radius 3 is 2.62 bits per heavy atom. The van der Waals surface area contributed by atoms with Crippen molar-refractivity contribution in [2.75, 3.05) is 6.26 Å². The highest BCUT2D eigenvalue weighted by atomic mass is 79.9. The van der Waals surface area contributed by atoms with Gasteiger partial charge >= 0.3 is 0 Å². The molecule has 3 nitrogen and oxygen atoms in total. The molecule has 16 heavy (non-hydrogen) atoms. The third kappa shape index (κ3) is 1.78. The van der Waals surface area contributed by atoms with Crippen molar-refractivity contribution >= 4 is 36.7 Å². The smallest absolute Gasteiger partial charge is 0.176 e. The van der Waals surface area contributed by atoms with Gasteiger partial charge in [-0.3, -0.25) is 0 Å². The lowest BCUT2D eigenvalue weighted by Crippen LogP contribution is -1.98. The highest BCUT2D eigenvalue weighted by molar-refractivity contribution is 9.10. The lowest BCUT2D eigenvalue weighted by Gasteiger charge is -2.04. The molecule has 86 valence electrons. The van der Waals surface area contributed by atoms with Crippen LogP contribution < -0.4 is 0 Å². The average molecular weight is 302 g/mol. The Morgan fingerprint density at radius 1 is 1.38 bits per heavy atom. The van der Waals surface area contributed by atoms with Gasteiger partial charge < -0.3 is 4.57 Å². The highest BCUT2D eigenvalue weighted by Crippen LogP contribution is 2.29. The second-order valence-corrected chi connectivity index (χ2v) is 6.47. The summed E-state index contributed by atoms with van der Waals surface area (Å²) in [7, 11) is -3.18. The van der Waals surface area contributed by atoms with Crippen molar-refractivity contribution in [3.8, 4) is 0 Å². The molecule has 1 aromatic carbocycles. The maximum atomic E-state index is 11.6. The number of aryl methyl sites for hydroxylation is 1. The molecule has 0 saturated carbocycles. The number of fused-ring (bicyclic) bond motifs is 1. The van der Waals surface area contributed by atoms with Crippen LogP contribution in [0.25, 0.3) is 10.9 Å². The molecule has 2 rings (SSSR count). The van der Waals surface area contributed by atoms with Crippen LogP contribution in [0, 0.1) is 0 Å². The minimum absolute atomic E-state index is 0.387. The molecule has 0 radical (unpaired) electrons. The van der Waals surface area contributed by atoms with Crippen LogP contribution in [0.5, 0.6) is 0 Å². The average Bonchev–Trinajstić information content (AvgIpc) is 2.50. The standard InChI is InChI=1S/C11H12BrNO2S/c1-3-13-9-5-4-6-10(16(2,14)15)8(9)7-11(13)12/h4-7H,3H2,1-2H3. The van der Waals surface area contributed by atoms with E-state index >= 15 is 0 Å². The number of halogens is 1. The molecule has 0 aliphatic rings. The molecule has 1 heterocycles. The third-order valence-electron chi connectivity index (χ3n) is 2.57. The van der Waals surface area contributed by atoms with Crippen LogP contribution in [0.2, 0.25) is 0 Å². The molecule has 0 unspecified atom stereocenters. The van der Waals surface area contributed by atoms with Gasteiger partial charge in [-0.15, -0.1) is 0 Å². The fraction of sp³-hybridized carbons (Fsp3) is 0.273. The van der Waals surface area contributed by atoms with Crippen LogP contribution in [0.3, 0.4) is 0 Å². The van der Waals surface area contributed by atoms with E-state index in [9.17, 15) is 8.42 Å². The number of sulfone groups is 1. The molecule has 0 atom stereocenters. The number of rotatable bonds is 2. The van der Waals surface area contributed by atoms with E-state index in [1.807, 2.05) is 23.6 Å². The van der Waals surface area contributed by atoms with Gasteiger partial charge in [0.1, 0.15) is 0 Å².